The molecule has 20 heavy (non-hydrogen) atoms. The predicted molar refractivity (Wildman–Crippen MR) is 62.4 cm³/mol. The van der Waals surface area contributed by atoms with Crippen LogP contribution < -0.4 is 0 Å². The molecule has 0 saturated heterocycles. The van der Waals surface area contributed by atoms with Crippen LogP contribution >= 0.6 is 0 Å². The van der Waals surface area contributed by atoms with Crippen LogP contribution in [0.1, 0.15) is 37.0 Å². The fourth-order valence-electron chi connectivity index (χ4n) is 1.98. The minimum atomic E-state index is -4.87. The third-order valence-electron chi connectivity index (χ3n) is 2.94. The van der Waals surface area contributed by atoms with Crippen molar-refractivity contribution in [3.05, 3.63) is 35.1 Å². The Kier molecular flexibility index (Phi) is 5.10. The maximum absolute atomic E-state index is 13.0. The van der Waals surface area contributed by atoms with Crippen molar-refractivity contribution in [3.8, 4) is 0 Å². The second-order valence-corrected chi connectivity index (χ2v) is 4.41. The topological polar surface area (TPSA) is 57.5 Å². The van der Waals surface area contributed by atoms with Crippen LogP contribution in [-0.2, 0) is 11.0 Å². The molecule has 0 spiro atoms. The first kappa shape index (κ1) is 16.4. The van der Waals surface area contributed by atoms with Crippen LogP contribution in [0.3, 0.4) is 0 Å². The van der Waals surface area contributed by atoms with E-state index in [0.29, 0.717) is 6.42 Å². The number of hydrogen-bond acceptors (Lipinski definition) is 2. The lowest BCUT2D eigenvalue weighted by Gasteiger charge is -2.22. The lowest BCUT2D eigenvalue weighted by Crippen LogP contribution is -2.24. The molecule has 0 amide bonds. The zero-order valence-electron chi connectivity index (χ0n) is 10.6. The third kappa shape index (κ3) is 3.69. The molecule has 1 aromatic rings. The number of aliphatic hydroxyl groups excluding tert-OH is 1. The van der Waals surface area contributed by atoms with Crippen molar-refractivity contribution in [2.24, 2.45) is 5.92 Å². The van der Waals surface area contributed by atoms with Crippen molar-refractivity contribution in [1.29, 1.82) is 0 Å². The number of benzene rings is 1. The molecule has 0 aliphatic heterocycles. The number of carboxylic acid groups (broad SMARTS) is 1. The van der Waals surface area contributed by atoms with Gasteiger partial charge in [0, 0.05) is 0 Å². The van der Waals surface area contributed by atoms with Crippen LogP contribution in [0.15, 0.2) is 18.2 Å². The zero-order chi connectivity index (χ0) is 15.5. The highest BCUT2D eigenvalue weighted by Crippen LogP contribution is 2.38. The Bertz CT molecular complexity index is 485. The van der Waals surface area contributed by atoms with E-state index < -0.39 is 41.1 Å². The first-order valence-corrected chi connectivity index (χ1v) is 5.96. The zero-order valence-corrected chi connectivity index (χ0v) is 10.6. The molecule has 0 radical (unpaired) electrons. The number of aliphatic hydroxyl groups is 1. The van der Waals surface area contributed by atoms with Gasteiger partial charge < -0.3 is 10.2 Å². The number of hydrogen-bond donors (Lipinski definition) is 2. The Morgan fingerprint density at radius 1 is 1.35 bits per heavy atom. The summed E-state index contributed by atoms with van der Waals surface area (Å²) in [6.45, 7) is 1.65. The monoisotopic (exact) mass is 294 g/mol. The van der Waals surface area contributed by atoms with Gasteiger partial charge in [0.1, 0.15) is 5.82 Å². The highest BCUT2D eigenvalue weighted by molar-refractivity contribution is 5.71. The molecule has 0 bridgehead atoms. The van der Waals surface area contributed by atoms with Gasteiger partial charge in [-0.3, -0.25) is 4.79 Å². The fourth-order valence-corrected chi connectivity index (χ4v) is 1.98. The molecule has 3 nitrogen and oxygen atoms in total. The lowest BCUT2D eigenvalue weighted by atomic mass is 9.89. The van der Waals surface area contributed by atoms with Gasteiger partial charge in [-0.15, -0.1) is 0 Å². The Labute approximate surface area is 112 Å². The molecule has 112 valence electrons. The van der Waals surface area contributed by atoms with Gasteiger partial charge >= 0.3 is 12.1 Å². The summed E-state index contributed by atoms with van der Waals surface area (Å²) in [5.41, 5.74) is -1.98. The van der Waals surface area contributed by atoms with E-state index >= 15 is 0 Å². The van der Waals surface area contributed by atoms with E-state index in [-0.39, 0.29) is 12.5 Å². The van der Waals surface area contributed by atoms with E-state index in [9.17, 15) is 27.5 Å². The molecule has 2 N–H and O–H groups in total. The van der Waals surface area contributed by atoms with Gasteiger partial charge in [0.25, 0.3) is 0 Å². The van der Waals surface area contributed by atoms with E-state index in [0.717, 1.165) is 12.1 Å². The summed E-state index contributed by atoms with van der Waals surface area (Å²) in [5, 5.41) is 18.9. The Morgan fingerprint density at radius 3 is 2.40 bits per heavy atom. The standard InChI is InChI=1S/C13H14F4O3/c1-2-3-9(12(19)20)11(18)8-5-4-7(14)6-10(8)13(15,16)17/h4-6,9,11,18H,2-3H2,1H3,(H,19,20). The van der Waals surface area contributed by atoms with Crippen molar-refractivity contribution in [1.82, 2.24) is 0 Å². The van der Waals surface area contributed by atoms with Crippen LogP contribution in [0.5, 0.6) is 0 Å². The smallest absolute Gasteiger partial charge is 0.416 e. The summed E-state index contributed by atoms with van der Waals surface area (Å²) >= 11 is 0. The first-order valence-electron chi connectivity index (χ1n) is 5.96. The van der Waals surface area contributed by atoms with Crippen LogP contribution in [0.4, 0.5) is 17.6 Å². The molecule has 0 saturated carbocycles. The van der Waals surface area contributed by atoms with Gasteiger partial charge in [0.15, 0.2) is 0 Å². The number of alkyl halides is 3. The van der Waals surface area contributed by atoms with E-state index in [1.54, 1.807) is 6.92 Å². The van der Waals surface area contributed by atoms with Gasteiger partial charge in [0.05, 0.1) is 17.6 Å². The Balaban J connectivity index is 3.27. The highest BCUT2D eigenvalue weighted by atomic mass is 19.4. The van der Waals surface area contributed by atoms with Crippen molar-refractivity contribution in [2.75, 3.05) is 0 Å². The molecule has 2 atom stereocenters. The van der Waals surface area contributed by atoms with Gasteiger partial charge in [-0.05, 0) is 24.1 Å². The second kappa shape index (κ2) is 6.21. The fraction of sp³-hybridized carbons (Fsp3) is 0.462. The normalized spacial score (nSPS) is 14.9. The maximum atomic E-state index is 13.0. The maximum Gasteiger partial charge on any atom is 0.416 e. The van der Waals surface area contributed by atoms with E-state index in [2.05, 4.69) is 0 Å². The van der Waals surface area contributed by atoms with Gasteiger partial charge in [0.2, 0.25) is 0 Å². The van der Waals surface area contributed by atoms with Crippen LogP contribution in [0, 0.1) is 11.7 Å². The van der Waals surface area contributed by atoms with E-state index in [4.69, 9.17) is 5.11 Å². The summed E-state index contributed by atoms with van der Waals surface area (Å²) in [4.78, 5) is 11.0. The van der Waals surface area contributed by atoms with Gasteiger partial charge in [-0.25, -0.2) is 4.39 Å². The molecule has 0 heterocycles. The molecular weight excluding hydrogens is 280 g/mol. The number of carbonyl (C=O) groups is 1. The summed E-state index contributed by atoms with van der Waals surface area (Å²) in [6, 6.07) is 1.79. The van der Waals surface area contributed by atoms with E-state index in [1.807, 2.05) is 0 Å². The second-order valence-electron chi connectivity index (χ2n) is 4.41. The SMILES string of the molecule is CCCC(C(=O)O)C(O)c1ccc(F)cc1C(F)(F)F. The number of rotatable bonds is 5. The summed E-state index contributed by atoms with van der Waals surface area (Å²) in [6.07, 6.45) is -6.31. The summed E-state index contributed by atoms with van der Waals surface area (Å²) in [7, 11) is 0. The number of halogens is 4. The number of carboxylic acids is 1. The molecule has 1 aromatic carbocycles. The Hall–Kier alpha value is -1.63. The van der Waals surface area contributed by atoms with Gasteiger partial charge in [-0.2, -0.15) is 13.2 Å². The van der Waals surface area contributed by atoms with Gasteiger partial charge in [-0.1, -0.05) is 19.4 Å². The van der Waals surface area contributed by atoms with Crippen molar-refractivity contribution in [3.63, 3.8) is 0 Å². The summed E-state index contributed by atoms with van der Waals surface area (Å²) in [5.74, 6) is -3.86. The lowest BCUT2D eigenvalue weighted by molar-refractivity contribution is -0.148. The average molecular weight is 294 g/mol. The molecule has 0 fully saturated rings. The van der Waals surface area contributed by atoms with Crippen LogP contribution in [0.2, 0.25) is 0 Å². The highest BCUT2D eigenvalue weighted by Gasteiger charge is 2.38. The third-order valence-corrected chi connectivity index (χ3v) is 2.94. The molecular formula is C13H14F4O3. The quantitative estimate of drug-likeness (QED) is 0.818. The molecule has 7 heteroatoms. The van der Waals surface area contributed by atoms with E-state index in [1.165, 1.54) is 0 Å². The first-order chi connectivity index (χ1) is 9.18. The van der Waals surface area contributed by atoms with Crippen molar-refractivity contribution < 1.29 is 32.6 Å². The minimum absolute atomic E-state index is 0.0190. The molecule has 0 aromatic heterocycles. The summed E-state index contributed by atoms with van der Waals surface area (Å²) < 4.78 is 51.4. The predicted octanol–water partition coefficient (Wildman–Crippen LogP) is 3.38. The van der Waals surface area contributed by atoms with Crippen molar-refractivity contribution in [2.45, 2.75) is 32.0 Å². The molecule has 1 rings (SSSR count). The van der Waals surface area contributed by atoms with Crippen LogP contribution in [0.25, 0.3) is 0 Å². The molecule has 2 unspecified atom stereocenters. The van der Waals surface area contributed by atoms with Crippen molar-refractivity contribution >= 4 is 5.97 Å². The molecule has 0 aliphatic carbocycles. The number of aliphatic carboxylic acids is 1. The molecule has 0 aliphatic rings. The Morgan fingerprint density at radius 2 is 1.95 bits per heavy atom. The van der Waals surface area contributed by atoms with Crippen LogP contribution in [-0.4, -0.2) is 16.2 Å². The average Bonchev–Trinajstić information content (AvgIpc) is 2.33. The largest absolute Gasteiger partial charge is 0.481 e. The minimum Gasteiger partial charge on any atom is -0.481 e.